The monoisotopic (exact) mass is 2450 g/mol. The quantitative estimate of drug-likeness (QED) is 0.0380. The average molecular weight is 2460 g/mol. The summed E-state index contributed by atoms with van der Waals surface area (Å²) >= 11 is 24.7. The van der Waals surface area contributed by atoms with Crippen molar-refractivity contribution < 1.29 is 66.6 Å². The molecule has 8 aromatic rings. The fourth-order valence-electron chi connectivity index (χ4n) is 13.3. The molecule has 0 bridgehead atoms. The molecule has 29 heteroatoms. The molecule has 2 atom stereocenters. The summed E-state index contributed by atoms with van der Waals surface area (Å²) in [4.78, 5) is 83.8. The maximum absolute atomic E-state index is 12.8. The number of likely N-dealkylation sites (tertiary alicyclic amines) is 5. The Labute approximate surface area is 907 Å². The number of carbonyl (C=O) groups excluding carboxylic acids is 6. The Morgan fingerprint density at radius 2 is 0.667 bits per heavy atom. The van der Waals surface area contributed by atoms with Crippen LogP contribution in [0.5, 0.6) is 0 Å². The number of halogens is 8. The zero-order valence-corrected chi connectivity index (χ0v) is 97.8. The molecule has 8 aromatic carbocycles. The van der Waals surface area contributed by atoms with Crippen LogP contribution in [0.1, 0.15) is 184 Å². The number of ketones is 1. The maximum atomic E-state index is 12.8. The number of ether oxygens (including phenoxy) is 4. The molecule has 8 aliphatic rings. The van der Waals surface area contributed by atoms with Crippen LogP contribution in [0, 0.1) is 5.92 Å². The summed E-state index contributed by atoms with van der Waals surface area (Å²) in [5.41, 5.74) is 15.2. The molecule has 16 rings (SSSR count). The third-order valence-electron chi connectivity index (χ3n) is 20.7. The number of hydrogen-bond acceptors (Lipinski definition) is 13. The molecule has 138 heavy (non-hydrogen) atoms. The fourth-order valence-corrected chi connectivity index (χ4v) is 16.4. The third-order valence-corrected chi connectivity index (χ3v) is 24.8. The number of aliphatic imine (C=N–C) groups is 1. The minimum Gasteiger partial charge on any atom is -0.444 e. The van der Waals surface area contributed by atoms with Crippen LogP contribution in [0.3, 0.4) is 0 Å². The Balaban J connectivity index is 0.000000277. The van der Waals surface area contributed by atoms with E-state index in [1.165, 1.54) is 88.0 Å². The molecule has 6 saturated heterocycles. The van der Waals surface area contributed by atoms with Crippen molar-refractivity contribution in [1.82, 2.24) is 34.8 Å². The van der Waals surface area contributed by atoms with Gasteiger partial charge in [0.05, 0.1) is 22.5 Å². The van der Waals surface area contributed by atoms with Crippen molar-refractivity contribution in [2.24, 2.45) is 10.1 Å². The number of nitrogens with zero attached hydrogens (tertiary/aromatic N) is 8. The van der Waals surface area contributed by atoms with Crippen LogP contribution in [0.15, 0.2) is 288 Å². The van der Waals surface area contributed by atoms with E-state index in [1.807, 2.05) is 146 Å². The number of carbonyl (C=O) groups is 6. The number of hydrogen-bond donors (Lipinski definition) is 1. The summed E-state index contributed by atoms with van der Waals surface area (Å²) in [6.45, 7) is 45.8. The van der Waals surface area contributed by atoms with Crippen LogP contribution in [0.25, 0.3) is 16.7 Å². The van der Waals surface area contributed by atoms with Crippen molar-refractivity contribution in [2.75, 3.05) is 90.0 Å². The van der Waals surface area contributed by atoms with E-state index in [9.17, 15) is 28.8 Å². The van der Waals surface area contributed by atoms with Crippen LogP contribution in [0.4, 0.5) is 24.0 Å². The van der Waals surface area contributed by atoms with Gasteiger partial charge in [-0.15, -0.1) is 0 Å². The van der Waals surface area contributed by atoms with Gasteiger partial charge in [0.25, 0.3) is 0 Å². The minimum absolute atomic E-state index is 0. The van der Waals surface area contributed by atoms with Crippen molar-refractivity contribution in [1.29, 1.82) is 0 Å². The topological polar surface area (TPSA) is 196 Å². The smallest absolute Gasteiger partial charge is 0.444 e. The van der Waals surface area contributed by atoms with Gasteiger partial charge in [-0.1, -0.05) is 281 Å². The molecule has 6 fully saturated rings. The molecule has 2 unspecified atom stereocenters. The number of Topliss-reactive ketones (excluding diaryl/α,β-unsaturated/α-hetero) is 1. The molecule has 1 N–H and O–H groups in total. The molecular weight excluding hydrogens is 2320 g/mol. The summed E-state index contributed by atoms with van der Waals surface area (Å²) in [5, 5.41) is 13.4. The Bertz CT molecular complexity index is 5130. The first-order valence-electron chi connectivity index (χ1n) is 45.4. The molecule has 0 radical (unpaired) electrons. The van der Waals surface area contributed by atoms with Gasteiger partial charge >= 0.3 is 49.3 Å². The number of urea groups is 1. The van der Waals surface area contributed by atoms with Gasteiger partial charge in [0.15, 0.2) is 6.84 Å². The average Bonchev–Trinajstić information content (AvgIpc) is 1.52. The summed E-state index contributed by atoms with van der Waals surface area (Å²) in [6, 6.07) is 84.2. The summed E-state index contributed by atoms with van der Waals surface area (Å²) in [5.74, 6) is 2.15. The van der Waals surface area contributed by atoms with Gasteiger partial charge in [-0.25, -0.2) is 29.0 Å². The zero-order valence-electron chi connectivity index (χ0n) is 83.6. The van der Waals surface area contributed by atoms with Gasteiger partial charge in [-0.05, 0) is 325 Å². The number of hydrazone groups is 1. The number of nitrogens with one attached hydrogen (secondary N) is 1. The van der Waals surface area contributed by atoms with Gasteiger partial charge in [0.2, 0.25) is 0 Å². The Kier molecular flexibility index (Phi) is 53.2. The second-order valence-electron chi connectivity index (χ2n) is 37.4. The SMILES string of the molecule is BrC(Br)(Br)Br.C1=NCC(c2ccccc2)C1.CC(=C1CN(C(=O)N2N=CCC2c2ccccc2)C1)c1ccccc1.CC(=C1CN(C(=O)OC(C)(C)C)C1)c1ccccc1.CC(=C1CNC1)c1ccccc1.CC(Br)=C1CN(C(=O)OC(C)(C)C)C1.CC(C)(C)OC(=O)N1CC(=C(Br)Br)C1.CC(C)(C)OC(=O)N1CC(=O)C1.CI.C[C-](C)C.[Li+].c1ccc(P(c2ccccc2)c2ccccc2)cc1. The first kappa shape index (κ1) is 121. The van der Waals surface area contributed by atoms with E-state index in [2.05, 4.69) is 379 Å². The molecule has 8 heterocycles. The number of benzene rings is 8. The first-order valence-corrected chi connectivity index (χ1v) is 54.4. The standard InChI is InChI=1S/C21H21N3O.C18H15P.C16H21NO2.C11H13N.C10H16BrNO2.C10H11N.C9H13Br2NO2.C8H13NO3.C4H9.CBr4.CH3I.Li/c1-16(17-8-4-2-5-9-17)19-14-23(15-19)21(25)24-20(12-13-22-24)18-10-6-3-7-11-18;1-4-10-16(11-5-1)19(17-12-6-2-7-13-17)18-14-8-3-9-15-18;1-12(13-8-6-5-7-9-13)14-10-17(11-14)15(18)19-16(2,3)4;1-9(11-7-12-8-11)10-5-3-2-4-6-10;1-7(11)8-5-12(6-8)9(13)14-10(2,3)4;1-2-4-9(5-3-1)10-6-7-11-8-10;1-9(2,3)14-8(13)12-4-6(5-12)7(10)11;1-8(2,3)12-7(11)9-4-6(10)5-9;1-4(2)3;2-1(3,4)5;1-2;/h2-11,13,20H,12,14-15H2,1H3;1-15H;5-9H,10-11H2,1-4H3;2-6,12H,7-8H2,1H3;5-6H2,1-4H3;1-5,7,10H,6,8H2;4-5H2,1-3H3;4-5H2,1-3H3;1-3H3;;1H3;/q;;;;;;;;-1;;;+1. The van der Waals surface area contributed by atoms with Gasteiger partial charge in [0, 0.05) is 90.5 Å². The van der Waals surface area contributed by atoms with Crippen LogP contribution < -0.4 is 40.1 Å². The Morgan fingerprint density at radius 1 is 0.391 bits per heavy atom. The number of allylic oxidation sites excluding steroid dienone is 4. The maximum Gasteiger partial charge on any atom is 1.00 e. The van der Waals surface area contributed by atoms with Crippen molar-refractivity contribution >= 4 is 223 Å². The fraction of sp³-hybridized carbons (Fsp3) is 0.385. The molecule has 0 aromatic heterocycles. The molecule has 8 aliphatic heterocycles. The zero-order chi connectivity index (χ0) is 101. The molecule has 19 nitrogen and oxygen atoms in total. The van der Waals surface area contributed by atoms with E-state index in [-0.39, 0.29) is 69.1 Å². The normalized spacial score (nSPS) is 15.7. The molecule has 0 spiro atoms. The van der Waals surface area contributed by atoms with Crippen LogP contribution in [-0.2, 0) is 23.7 Å². The predicted molar refractivity (Wildman–Crippen MR) is 605 cm³/mol. The minimum atomic E-state index is -0.476. The van der Waals surface area contributed by atoms with Gasteiger partial charge < -0.3 is 40.0 Å². The summed E-state index contributed by atoms with van der Waals surface area (Å²) < 4.78 is 22.6. The van der Waals surface area contributed by atoms with E-state index in [0.717, 1.165) is 45.9 Å². The van der Waals surface area contributed by atoms with Crippen molar-refractivity contribution in [2.45, 2.75) is 180 Å². The largest absolute Gasteiger partial charge is 1.00 e. The van der Waals surface area contributed by atoms with E-state index in [0.29, 0.717) is 58.3 Å². The van der Waals surface area contributed by atoms with Crippen molar-refractivity contribution in [3.05, 3.63) is 312 Å². The third kappa shape index (κ3) is 45.2. The van der Waals surface area contributed by atoms with E-state index >= 15 is 0 Å². The van der Waals surface area contributed by atoms with E-state index in [4.69, 9.17) is 18.9 Å². The second-order valence-corrected chi connectivity index (χ2v) is 54.6. The predicted octanol–water partition coefficient (Wildman–Crippen LogP) is 25.6. The molecule has 6 amide bonds. The van der Waals surface area contributed by atoms with Crippen molar-refractivity contribution in [3.8, 4) is 0 Å². The van der Waals surface area contributed by atoms with E-state index < -0.39 is 36.4 Å². The number of amides is 6. The van der Waals surface area contributed by atoms with Crippen molar-refractivity contribution in [3.63, 3.8) is 0 Å². The van der Waals surface area contributed by atoms with Gasteiger partial charge in [-0.2, -0.15) is 25.9 Å². The van der Waals surface area contributed by atoms with Crippen LogP contribution >= 0.6 is 142 Å². The van der Waals surface area contributed by atoms with E-state index in [1.54, 1.807) is 46.1 Å². The second kappa shape index (κ2) is 60.5. The van der Waals surface area contributed by atoms with Gasteiger partial charge in [-0.3, -0.25) is 24.5 Å². The Hall–Kier alpha value is -7.10. The number of alkyl halides is 5. The molecule has 738 valence electrons. The first-order chi connectivity index (χ1) is 64.6. The summed E-state index contributed by atoms with van der Waals surface area (Å²) in [6.07, 6.45) is 4.65. The molecular formula is C109H135Br7ILiN9O10P. The number of rotatable bonds is 8. The Morgan fingerprint density at radius 3 is 0.942 bits per heavy atom. The van der Waals surface area contributed by atoms with Crippen LogP contribution in [-0.4, -0.2) is 192 Å². The molecule has 0 saturated carbocycles. The van der Waals surface area contributed by atoms with Gasteiger partial charge in [0.1, 0.15) is 22.4 Å². The summed E-state index contributed by atoms with van der Waals surface area (Å²) in [7, 11) is -0.446. The van der Waals surface area contributed by atoms with Crippen LogP contribution in [0.2, 0.25) is 0 Å². The molecule has 0 aliphatic carbocycles.